The fourth-order valence-electron chi connectivity index (χ4n) is 3.93. The lowest BCUT2D eigenvalue weighted by molar-refractivity contribution is -0.136. The topological polar surface area (TPSA) is 32.8 Å². The molecule has 0 saturated heterocycles. The van der Waals surface area contributed by atoms with Crippen LogP contribution in [0.5, 0.6) is 5.75 Å². The summed E-state index contributed by atoms with van der Waals surface area (Å²) in [7, 11) is 6.09. The quantitative estimate of drug-likeness (QED) is 0.720. The summed E-state index contributed by atoms with van der Waals surface area (Å²) in [5.41, 5.74) is 0. The highest BCUT2D eigenvalue weighted by atomic mass is 35.5. The summed E-state index contributed by atoms with van der Waals surface area (Å²) < 4.78 is 5.88. The number of rotatable bonds is 5. The van der Waals surface area contributed by atoms with E-state index < -0.39 is 0 Å². The van der Waals surface area contributed by atoms with E-state index in [0.717, 1.165) is 23.6 Å². The first-order valence-electron chi connectivity index (χ1n) is 9.21. The van der Waals surface area contributed by atoms with Gasteiger partial charge in [0.15, 0.2) is 6.61 Å². The van der Waals surface area contributed by atoms with Crippen LogP contribution >= 0.6 is 24.0 Å². The molecule has 0 aliphatic heterocycles. The van der Waals surface area contributed by atoms with Crippen molar-refractivity contribution >= 4 is 40.7 Å². The van der Waals surface area contributed by atoms with Gasteiger partial charge in [-0.1, -0.05) is 48.7 Å². The van der Waals surface area contributed by atoms with Crippen LogP contribution in [-0.2, 0) is 4.79 Å². The maximum absolute atomic E-state index is 12.7. The fraction of sp³-hybridized carbons (Fsp3) is 0.476. The lowest BCUT2D eigenvalue weighted by Gasteiger charge is -2.41. The maximum atomic E-state index is 12.7. The van der Waals surface area contributed by atoms with E-state index in [1.807, 2.05) is 48.3 Å². The van der Waals surface area contributed by atoms with E-state index in [9.17, 15) is 4.79 Å². The van der Waals surface area contributed by atoms with Gasteiger partial charge in [-0.3, -0.25) is 4.79 Å². The maximum Gasteiger partial charge on any atom is 0.260 e. The largest absolute Gasteiger partial charge is 0.483 e. The van der Waals surface area contributed by atoms with Gasteiger partial charge in [-0.05, 0) is 39.1 Å². The van der Waals surface area contributed by atoms with Crippen molar-refractivity contribution in [3.63, 3.8) is 0 Å². The number of amides is 1. The number of hydrogen-bond donors (Lipinski definition) is 0. The van der Waals surface area contributed by atoms with E-state index in [2.05, 4.69) is 19.0 Å². The average Bonchev–Trinajstić information content (AvgIpc) is 2.67. The number of nitrogens with zero attached hydrogens (tertiary/aromatic N) is 2. The number of carbonyl (C=O) groups is 1. The highest BCUT2D eigenvalue weighted by Crippen LogP contribution is 2.31. The summed E-state index contributed by atoms with van der Waals surface area (Å²) in [5.74, 6) is 0.710. The molecule has 1 saturated carbocycles. The standard InChI is InChI=1S/C21H27ClN2O2.ClH/c1-23(2)18-10-6-7-11-19(18)24(3)21(25)14-26-20-13-12-17(22)15-8-4-5-9-16(15)20;/h4-5,8-9,12-13,18-19H,6-7,10-11,14H2,1-3H3;1H/t18-,19-;/m1./s1. The molecule has 1 amide bonds. The predicted molar refractivity (Wildman–Crippen MR) is 114 cm³/mol. The monoisotopic (exact) mass is 410 g/mol. The van der Waals surface area contributed by atoms with Crippen molar-refractivity contribution < 1.29 is 9.53 Å². The number of fused-ring (bicyclic) bond motifs is 1. The van der Waals surface area contributed by atoms with Gasteiger partial charge in [0, 0.05) is 34.9 Å². The first kappa shape index (κ1) is 21.8. The zero-order valence-electron chi connectivity index (χ0n) is 16.2. The zero-order chi connectivity index (χ0) is 18.7. The Morgan fingerprint density at radius 2 is 1.67 bits per heavy atom. The van der Waals surface area contributed by atoms with Crippen molar-refractivity contribution in [2.24, 2.45) is 0 Å². The first-order chi connectivity index (χ1) is 12.5. The van der Waals surface area contributed by atoms with Crippen LogP contribution in [0.2, 0.25) is 5.02 Å². The Kier molecular flexibility index (Phi) is 7.78. The van der Waals surface area contributed by atoms with E-state index in [-0.39, 0.29) is 31.0 Å². The normalized spacial score (nSPS) is 19.6. The molecule has 0 bridgehead atoms. The summed E-state index contributed by atoms with van der Waals surface area (Å²) in [5, 5.41) is 2.55. The summed E-state index contributed by atoms with van der Waals surface area (Å²) in [4.78, 5) is 16.9. The zero-order valence-corrected chi connectivity index (χ0v) is 17.7. The third kappa shape index (κ3) is 4.87. The minimum Gasteiger partial charge on any atom is -0.483 e. The number of carbonyl (C=O) groups excluding carboxylic acids is 1. The van der Waals surface area contributed by atoms with Crippen molar-refractivity contribution in [1.29, 1.82) is 0 Å². The summed E-state index contributed by atoms with van der Waals surface area (Å²) in [6, 6.07) is 12.1. The van der Waals surface area contributed by atoms with Gasteiger partial charge in [-0.25, -0.2) is 0 Å². The second kappa shape index (κ2) is 9.63. The molecule has 1 fully saturated rings. The second-order valence-corrected chi connectivity index (χ2v) is 7.67. The van der Waals surface area contributed by atoms with E-state index in [1.54, 1.807) is 0 Å². The van der Waals surface area contributed by atoms with Gasteiger partial charge in [0.05, 0.1) is 0 Å². The molecule has 2 atom stereocenters. The number of benzene rings is 2. The third-order valence-corrected chi connectivity index (χ3v) is 5.76. The molecule has 1 aliphatic rings. The minimum atomic E-state index is 0. The van der Waals surface area contributed by atoms with Crippen LogP contribution in [-0.4, -0.2) is 55.5 Å². The molecule has 6 heteroatoms. The van der Waals surface area contributed by atoms with Crippen LogP contribution in [0.15, 0.2) is 36.4 Å². The van der Waals surface area contributed by atoms with Gasteiger partial charge < -0.3 is 14.5 Å². The fourth-order valence-corrected chi connectivity index (χ4v) is 4.16. The van der Waals surface area contributed by atoms with E-state index >= 15 is 0 Å². The van der Waals surface area contributed by atoms with Gasteiger partial charge in [0.2, 0.25) is 0 Å². The van der Waals surface area contributed by atoms with Crippen LogP contribution < -0.4 is 4.74 Å². The average molecular weight is 411 g/mol. The Morgan fingerprint density at radius 3 is 2.33 bits per heavy atom. The summed E-state index contributed by atoms with van der Waals surface area (Å²) in [6.45, 7) is 0.0405. The Bertz CT molecular complexity index is 782. The van der Waals surface area contributed by atoms with Crippen LogP contribution in [0.1, 0.15) is 25.7 Å². The van der Waals surface area contributed by atoms with E-state index in [1.165, 1.54) is 12.8 Å². The van der Waals surface area contributed by atoms with Gasteiger partial charge in [0.1, 0.15) is 5.75 Å². The van der Waals surface area contributed by atoms with Crippen LogP contribution in [0, 0.1) is 0 Å². The molecule has 0 unspecified atom stereocenters. The van der Waals surface area contributed by atoms with E-state index in [4.69, 9.17) is 16.3 Å². The highest BCUT2D eigenvalue weighted by Gasteiger charge is 2.32. The molecule has 1 aliphatic carbocycles. The van der Waals surface area contributed by atoms with Crippen molar-refractivity contribution in [1.82, 2.24) is 9.80 Å². The summed E-state index contributed by atoms with van der Waals surface area (Å²) >= 11 is 6.25. The molecular formula is C21H28Cl2N2O2. The number of halogens is 2. The lowest BCUT2D eigenvalue weighted by Crippen LogP contribution is -2.52. The first-order valence-corrected chi connectivity index (χ1v) is 9.59. The molecule has 27 heavy (non-hydrogen) atoms. The minimum absolute atomic E-state index is 0. The predicted octanol–water partition coefficient (Wildman–Crippen LogP) is 4.63. The molecule has 2 aromatic rings. The Morgan fingerprint density at radius 1 is 1.04 bits per heavy atom. The molecule has 0 spiro atoms. The van der Waals surface area contributed by atoms with Crippen LogP contribution in [0.3, 0.4) is 0 Å². The lowest BCUT2D eigenvalue weighted by atomic mass is 9.88. The van der Waals surface area contributed by atoms with Crippen molar-refractivity contribution in [3.05, 3.63) is 41.4 Å². The molecule has 0 radical (unpaired) electrons. The van der Waals surface area contributed by atoms with Gasteiger partial charge >= 0.3 is 0 Å². The SMILES string of the molecule is CN(C)[C@@H]1CCCC[C@H]1N(C)C(=O)COc1ccc(Cl)c2ccccc12.Cl. The third-order valence-electron chi connectivity index (χ3n) is 5.43. The van der Waals surface area contributed by atoms with Crippen LogP contribution in [0.4, 0.5) is 0 Å². The molecule has 2 aromatic carbocycles. The smallest absolute Gasteiger partial charge is 0.260 e. The number of likely N-dealkylation sites (N-methyl/N-ethyl adjacent to an activating group) is 2. The van der Waals surface area contributed by atoms with Crippen molar-refractivity contribution in [3.8, 4) is 5.75 Å². The number of hydrogen-bond acceptors (Lipinski definition) is 3. The molecule has 148 valence electrons. The van der Waals surface area contributed by atoms with Gasteiger partial charge in [0.25, 0.3) is 5.91 Å². The van der Waals surface area contributed by atoms with Gasteiger partial charge in [-0.15, -0.1) is 12.4 Å². The molecule has 0 N–H and O–H groups in total. The molecule has 3 rings (SSSR count). The van der Waals surface area contributed by atoms with Crippen LogP contribution in [0.25, 0.3) is 10.8 Å². The Balaban J connectivity index is 0.00000261. The Labute approximate surface area is 172 Å². The van der Waals surface area contributed by atoms with Gasteiger partial charge in [-0.2, -0.15) is 0 Å². The molecular weight excluding hydrogens is 383 g/mol. The second-order valence-electron chi connectivity index (χ2n) is 7.27. The molecule has 4 nitrogen and oxygen atoms in total. The summed E-state index contributed by atoms with van der Waals surface area (Å²) in [6.07, 6.45) is 4.59. The Hall–Kier alpha value is -1.49. The van der Waals surface area contributed by atoms with Crippen molar-refractivity contribution in [2.75, 3.05) is 27.7 Å². The highest BCUT2D eigenvalue weighted by molar-refractivity contribution is 6.35. The van der Waals surface area contributed by atoms with Crippen molar-refractivity contribution in [2.45, 2.75) is 37.8 Å². The number of ether oxygens (including phenoxy) is 1. The molecule has 0 heterocycles. The molecule has 0 aromatic heterocycles. The van der Waals surface area contributed by atoms with E-state index in [0.29, 0.717) is 16.8 Å².